The van der Waals surface area contributed by atoms with E-state index in [2.05, 4.69) is 22.4 Å². The topological polar surface area (TPSA) is 43.6 Å². The molecule has 0 aliphatic heterocycles. The molecule has 1 aliphatic rings. The van der Waals surface area contributed by atoms with Crippen LogP contribution in [0.5, 0.6) is 0 Å². The largest absolute Gasteiger partial charge is 0.222 e. The highest BCUT2D eigenvalue weighted by Gasteiger charge is 2.37. The van der Waals surface area contributed by atoms with Gasteiger partial charge in [-0.05, 0) is 36.6 Å². The van der Waals surface area contributed by atoms with Gasteiger partial charge in [-0.2, -0.15) is 0 Å². The van der Waals surface area contributed by atoms with Crippen LogP contribution in [0.15, 0.2) is 0 Å². The molecule has 1 heterocycles. The van der Waals surface area contributed by atoms with E-state index in [9.17, 15) is 0 Å². The Morgan fingerprint density at radius 3 is 2.67 bits per heavy atom. The SMILES string of the molecule is CCC1(n2nnnc2C(C)Cl)CCCC1. The average molecular weight is 229 g/mol. The summed E-state index contributed by atoms with van der Waals surface area (Å²) in [6.45, 7) is 4.12. The highest BCUT2D eigenvalue weighted by Crippen LogP contribution is 2.40. The minimum absolute atomic E-state index is 0.121. The highest BCUT2D eigenvalue weighted by atomic mass is 35.5. The Hall–Kier alpha value is -0.640. The Balaban J connectivity index is 2.38. The Kier molecular flexibility index (Phi) is 2.96. The molecule has 0 bridgehead atoms. The maximum Gasteiger partial charge on any atom is 0.169 e. The molecule has 1 aromatic rings. The summed E-state index contributed by atoms with van der Waals surface area (Å²) in [5.74, 6) is 0.806. The second kappa shape index (κ2) is 4.08. The molecule has 0 aromatic carbocycles. The van der Waals surface area contributed by atoms with Crippen LogP contribution in [-0.4, -0.2) is 20.2 Å². The normalized spacial score (nSPS) is 21.8. The van der Waals surface area contributed by atoms with E-state index in [1.807, 2.05) is 11.6 Å². The zero-order valence-corrected chi connectivity index (χ0v) is 10.0. The summed E-state index contributed by atoms with van der Waals surface area (Å²) in [5, 5.41) is 11.8. The molecule has 0 N–H and O–H groups in total. The fourth-order valence-electron chi connectivity index (χ4n) is 2.53. The van der Waals surface area contributed by atoms with Crippen LogP contribution < -0.4 is 0 Å². The summed E-state index contributed by atoms with van der Waals surface area (Å²) in [5.41, 5.74) is 0.127. The third-order valence-electron chi connectivity index (χ3n) is 3.49. The summed E-state index contributed by atoms with van der Waals surface area (Å²) >= 11 is 6.08. The quantitative estimate of drug-likeness (QED) is 0.747. The third-order valence-corrected chi connectivity index (χ3v) is 3.69. The molecule has 2 rings (SSSR count). The molecular formula is C10H17ClN4. The van der Waals surface area contributed by atoms with E-state index in [0.717, 1.165) is 12.2 Å². The van der Waals surface area contributed by atoms with Crippen molar-refractivity contribution in [1.29, 1.82) is 0 Å². The van der Waals surface area contributed by atoms with Gasteiger partial charge in [0.2, 0.25) is 0 Å². The molecule has 1 fully saturated rings. The van der Waals surface area contributed by atoms with Crippen molar-refractivity contribution in [3.05, 3.63) is 5.82 Å². The average Bonchev–Trinajstić information content (AvgIpc) is 2.87. The predicted octanol–water partition coefficient (Wildman–Crippen LogP) is 2.65. The number of halogens is 1. The first-order valence-corrected chi connectivity index (χ1v) is 6.06. The van der Waals surface area contributed by atoms with Crippen LogP contribution in [0, 0.1) is 0 Å². The van der Waals surface area contributed by atoms with E-state index < -0.39 is 0 Å². The summed E-state index contributed by atoms with van der Waals surface area (Å²) in [6, 6.07) is 0. The Morgan fingerprint density at radius 1 is 1.47 bits per heavy atom. The summed E-state index contributed by atoms with van der Waals surface area (Å²) < 4.78 is 1.97. The monoisotopic (exact) mass is 228 g/mol. The maximum absolute atomic E-state index is 6.08. The van der Waals surface area contributed by atoms with Crippen molar-refractivity contribution in [3.8, 4) is 0 Å². The summed E-state index contributed by atoms with van der Waals surface area (Å²) in [7, 11) is 0. The van der Waals surface area contributed by atoms with Gasteiger partial charge >= 0.3 is 0 Å². The van der Waals surface area contributed by atoms with Crippen LogP contribution >= 0.6 is 11.6 Å². The first kappa shape index (κ1) is 10.9. The number of rotatable bonds is 3. The lowest BCUT2D eigenvalue weighted by atomic mass is 9.94. The Labute approximate surface area is 95.0 Å². The third kappa shape index (κ3) is 1.75. The summed E-state index contributed by atoms with van der Waals surface area (Å²) in [4.78, 5) is 0. The molecule has 0 spiro atoms. The van der Waals surface area contributed by atoms with Gasteiger partial charge in [0.25, 0.3) is 0 Å². The second-order valence-electron chi connectivity index (χ2n) is 4.35. The molecule has 84 valence electrons. The molecule has 1 aromatic heterocycles. The number of aromatic nitrogens is 4. The van der Waals surface area contributed by atoms with Gasteiger partial charge in [0.05, 0.1) is 10.9 Å². The van der Waals surface area contributed by atoms with E-state index in [0.29, 0.717) is 0 Å². The standard InChI is InChI=1S/C10H17ClN4/c1-3-10(6-4-5-7-10)15-9(8(2)11)12-13-14-15/h8H,3-7H2,1-2H3. The lowest BCUT2D eigenvalue weighted by Gasteiger charge is -2.28. The minimum Gasteiger partial charge on any atom is -0.222 e. The number of hydrogen-bond donors (Lipinski definition) is 0. The number of hydrogen-bond acceptors (Lipinski definition) is 3. The van der Waals surface area contributed by atoms with Gasteiger partial charge in [-0.1, -0.05) is 19.8 Å². The van der Waals surface area contributed by atoms with Crippen molar-refractivity contribution >= 4 is 11.6 Å². The van der Waals surface area contributed by atoms with Crippen LogP contribution in [-0.2, 0) is 5.54 Å². The minimum atomic E-state index is -0.121. The molecule has 0 radical (unpaired) electrons. The Morgan fingerprint density at radius 2 is 2.13 bits per heavy atom. The van der Waals surface area contributed by atoms with E-state index in [1.165, 1.54) is 25.7 Å². The predicted molar refractivity (Wildman–Crippen MR) is 58.8 cm³/mol. The van der Waals surface area contributed by atoms with Crippen molar-refractivity contribution in [2.45, 2.75) is 56.9 Å². The van der Waals surface area contributed by atoms with Crippen LogP contribution in [0.1, 0.15) is 57.2 Å². The van der Waals surface area contributed by atoms with E-state index >= 15 is 0 Å². The summed E-state index contributed by atoms with van der Waals surface area (Å²) in [6.07, 6.45) is 5.96. The number of tetrazole rings is 1. The van der Waals surface area contributed by atoms with Gasteiger partial charge < -0.3 is 0 Å². The van der Waals surface area contributed by atoms with Gasteiger partial charge in [0.1, 0.15) is 0 Å². The molecule has 0 amide bonds. The van der Waals surface area contributed by atoms with Gasteiger partial charge in [-0.3, -0.25) is 0 Å². The molecule has 5 heteroatoms. The van der Waals surface area contributed by atoms with Crippen molar-refractivity contribution in [3.63, 3.8) is 0 Å². The molecule has 1 atom stereocenters. The fourth-order valence-corrected chi connectivity index (χ4v) is 2.66. The molecule has 15 heavy (non-hydrogen) atoms. The smallest absolute Gasteiger partial charge is 0.169 e. The molecular weight excluding hydrogens is 212 g/mol. The van der Waals surface area contributed by atoms with Crippen molar-refractivity contribution < 1.29 is 0 Å². The van der Waals surface area contributed by atoms with E-state index in [4.69, 9.17) is 11.6 Å². The molecule has 0 saturated heterocycles. The number of alkyl halides is 1. The second-order valence-corrected chi connectivity index (χ2v) is 5.00. The number of nitrogens with zero attached hydrogens (tertiary/aromatic N) is 4. The van der Waals surface area contributed by atoms with Crippen LogP contribution in [0.4, 0.5) is 0 Å². The van der Waals surface area contributed by atoms with Gasteiger partial charge in [-0.15, -0.1) is 16.7 Å². The van der Waals surface area contributed by atoms with Crippen molar-refractivity contribution in [1.82, 2.24) is 20.2 Å². The lowest BCUT2D eigenvalue weighted by molar-refractivity contribution is 0.239. The van der Waals surface area contributed by atoms with Gasteiger partial charge in [-0.25, -0.2) is 4.68 Å². The highest BCUT2D eigenvalue weighted by molar-refractivity contribution is 6.20. The van der Waals surface area contributed by atoms with Crippen LogP contribution in [0.2, 0.25) is 0 Å². The van der Waals surface area contributed by atoms with Crippen LogP contribution in [0.3, 0.4) is 0 Å². The van der Waals surface area contributed by atoms with Crippen LogP contribution in [0.25, 0.3) is 0 Å². The first-order valence-electron chi connectivity index (χ1n) is 5.62. The van der Waals surface area contributed by atoms with Crippen molar-refractivity contribution in [2.75, 3.05) is 0 Å². The van der Waals surface area contributed by atoms with Gasteiger partial charge in [0.15, 0.2) is 5.82 Å². The lowest BCUT2D eigenvalue weighted by Crippen LogP contribution is -2.32. The van der Waals surface area contributed by atoms with E-state index in [1.54, 1.807) is 0 Å². The first-order chi connectivity index (χ1) is 7.19. The zero-order valence-electron chi connectivity index (χ0n) is 9.28. The zero-order chi connectivity index (χ0) is 10.9. The molecule has 1 unspecified atom stereocenters. The van der Waals surface area contributed by atoms with Crippen molar-refractivity contribution in [2.24, 2.45) is 0 Å². The maximum atomic E-state index is 6.08. The van der Waals surface area contributed by atoms with Gasteiger partial charge in [0, 0.05) is 0 Å². The molecule has 1 aliphatic carbocycles. The molecule has 1 saturated carbocycles. The fraction of sp³-hybridized carbons (Fsp3) is 0.900. The Bertz CT molecular complexity index is 328. The van der Waals surface area contributed by atoms with E-state index in [-0.39, 0.29) is 10.9 Å². The molecule has 4 nitrogen and oxygen atoms in total.